The number of aliphatic carboxylic acids is 1. The van der Waals surface area contributed by atoms with Crippen LogP contribution in [0.1, 0.15) is 19.5 Å². The van der Waals surface area contributed by atoms with Crippen LogP contribution in [-0.2, 0) is 10.3 Å². The lowest BCUT2D eigenvalue weighted by atomic mass is 10.1. The van der Waals surface area contributed by atoms with Gasteiger partial charge in [0.25, 0.3) is 0 Å². The number of para-hydroxylation sites is 1. The van der Waals surface area contributed by atoms with Gasteiger partial charge in [0.1, 0.15) is 5.54 Å². The Morgan fingerprint density at radius 3 is 2.56 bits per heavy atom. The number of aryl methyl sites for hydroxylation is 1. The van der Waals surface area contributed by atoms with Crippen molar-refractivity contribution in [1.82, 2.24) is 4.57 Å². The summed E-state index contributed by atoms with van der Waals surface area (Å²) in [6, 6.07) is 9.85. The highest BCUT2D eigenvalue weighted by atomic mass is 16.4. The number of aromatic nitrogens is 1. The van der Waals surface area contributed by atoms with E-state index in [0.29, 0.717) is 0 Å². The molecule has 0 saturated heterocycles. The van der Waals surface area contributed by atoms with Gasteiger partial charge in [-0.15, -0.1) is 0 Å². The van der Waals surface area contributed by atoms with Crippen LogP contribution in [0.25, 0.3) is 10.9 Å². The molecule has 1 aromatic heterocycles. The lowest BCUT2D eigenvalue weighted by molar-refractivity contribution is -0.145. The van der Waals surface area contributed by atoms with Crippen molar-refractivity contribution in [3.63, 3.8) is 0 Å². The minimum absolute atomic E-state index is 0.822. The highest BCUT2D eigenvalue weighted by molar-refractivity contribution is 5.85. The maximum atomic E-state index is 11.3. The monoisotopic (exact) mass is 217 g/mol. The molecule has 0 aliphatic rings. The lowest BCUT2D eigenvalue weighted by Gasteiger charge is -2.24. The summed E-state index contributed by atoms with van der Waals surface area (Å²) in [6.45, 7) is 5.37. The zero-order valence-corrected chi connectivity index (χ0v) is 9.69. The number of rotatable bonds is 2. The average Bonchev–Trinajstić information content (AvgIpc) is 2.53. The molecule has 0 unspecified atom stereocenters. The fraction of sp³-hybridized carbons (Fsp3) is 0.308. The van der Waals surface area contributed by atoms with Crippen molar-refractivity contribution in [2.75, 3.05) is 0 Å². The fourth-order valence-corrected chi connectivity index (χ4v) is 2.13. The summed E-state index contributed by atoms with van der Waals surface area (Å²) in [4.78, 5) is 11.3. The molecule has 16 heavy (non-hydrogen) atoms. The summed E-state index contributed by atoms with van der Waals surface area (Å²) in [5.74, 6) is -0.822. The quantitative estimate of drug-likeness (QED) is 0.840. The molecule has 0 spiro atoms. The van der Waals surface area contributed by atoms with E-state index in [9.17, 15) is 9.90 Å². The second kappa shape index (κ2) is 3.37. The molecule has 0 aliphatic heterocycles. The smallest absolute Gasteiger partial charge is 0.329 e. The summed E-state index contributed by atoms with van der Waals surface area (Å²) in [6.07, 6.45) is 0. The van der Waals surface area contributed by atoms with Gasteiger partial charge in [0.05, 0.1) is 0 Å². The Morgan fingerprint density at radius 2 is 1.94 bits per heavy atom. The first kappa shape index (κ1) is 10.7. The van der Waals surface area contributed by atoms with Crippen molar-refractivity contribution in [3.05, 3.63) is 36.0 Å². The predicted molar refractivity (Wildman–Crippen MR) is 63.6 cm³/mol. The van der Waals surface area contributed by atoms with Crippen LogP contribution in [0.3, 0.4) is 0 Å². The number of nitrogens with zero attached hydrogens (tertiary/aromatic N) is 1. The van der Waals surface area contributed by atoms with Gasteiger partial charge in [-0.25, -0.2) is 4.79 Å². The van der Waals surface area contributed by atoms with Crippen LogP contribution in [0.2, 0.25) is 0 Å². The Morgan fingerprint density at radius 1 is 1.31 bits per heavy atom. The molecule has 0 bridgehead atoms. The second-order valence-electron chi connectivity index (χ2n) is 4.54. The van der Waals surface area contributed by atoms with E-state index in [2.05, 4.69) is 0 Å². The molecule has 0 radical (unpaired) electrons. The van der Waals surface area contributed by atoms with E-state index in [4.69, 9.17) is 0 Å². The number of carbonyl (C=O) groups is 1. The van der Waals surface area contributed by atoms with Gasteiger partial charge in [-0.3, -0.25) is 0 Å². The molecule has 2 rings (SSSR count). The Bertz CT molecular complexity index is 552. The van der Waals surface area contributed by atoms with Crippen LogP contribution >= 0.6 is 0 Å². The van der Waals surface area contributed by atoms with Crippen LogP contribution in [0.5, 0.6) is 0 Å². The van der Waals surface area contributed by atoms with E-state index in [1.165, 1.54) is 0 Å². The van der Waals surface area contributed by atoms with Crippen molar-refractivity contribution < 1.29 is 9.90 Å². The molecular weight excluding hydrogens is 202 g/mol. The first-order chi connectivity index (χ1) is 7.44. The van der Waals surface area contributed by atoms with Gasteiger partial charge in [0.2, 0.25) is 0 Å². The highest BCUT2D eigenvalue weighted by Gasteiger charge is 2.31. The average molecular weight is 217 g/mol. The van der Waals surface area contributed by atoms with E-state index < -0.39 is 11.5 Å². The third-order valence-corrected chi connectivity index (χ3v) is 2.98. The molecule has 84 valence electrons. The molecule has 3 nitrogen and oxygen atoms in total. The van der Waals surface area contributed by atoms with Crippen LogP contribution in [-0.4, -0.2) is 15.6 Å². The fourth-order valence-electron chi connectivity index (χ4n) is 2.13. The van der Waals surface area contributed by atoms with E-state index in [1.54, 1.807) is 13.8 Å². The molecule has 0 atom stereocenters. The topological polar surface area (TPSA) is 42.2 Å². The zero-order valence-electron chi connectivity index (χ0n) is 9.69. The first-order valence-electron chi connectivity index (χ1n) is 5.25. The Balaban J connectivity index is 2.78. The van der Waals surface area contributed by atoms with E-state index in [0.717, 1.165) is 16.6 Å². The van der Waals surface area contributed by atoms with Gasteiger partial charge in [0.15, 0.2) is 0 Å². The molecular formula is C13H15NO2. The van der Waals surface area contributed by atoms with Gasteiger partial charge in [-0.1, -0.05) is 18.2 Å². The van der Waals surface area contributed by atoms with Gasteiger partial charge in [-0.05, 0) is 38.3 Å². The maximum absolute atomic E-state index is 11.3. The SMILES string of the molecule is Cc1cc2ccccc2n1C(C)(C)C(=O)O. The molecule has 1 N–H and O–H groups in total. The van der Waals surface area contributed by atoms with Crippen molar-refractivity contribution >= 4 is 16.9 Å². The minimum Gasteiger partial charge on any atom is -0.480 e. The van der Waals surface area contributed by atoms with Crippen molar-refractivity contribution in [2.24, 2.45) is 0 Å². The number of carboxylic acids is 1. The van der Waals surface area contributed by atoms with Gasteiger partial charge >= 0.3 is 5.97 Å². The van der Waals surface area contributed by atoms with E-state index in [-0.39, 0.29) is 0 Å². The molecule has 3 heteroatoms. The first-order valence-corrected chi connectivity index (χ1v) is 5.25. The van der Waals surface area contributed by atoms with E-state index in [1.807, 2.05) is 41.8 Å². The minimum atomic E-state index is -0.923. The largest absolute Gasteiger partial charge is 0.480 e. The van der Waals surface area contributed by atoms with Crippen molar-refractivity contribution in [1.29, 1.82) is 0 Å². The van der Waals surface area contributed by atoms with E-state index >= 15 is 0 Å². The summed E-state index contributed by atoms with van der Waals surface area (Å²) in [5, 5.41) is 10.4. The summed E-state index contributed by atoms with van der Waals surface area (Å²) < 4.78 is 1.87. The molecule has 0 fully saturated rings. The number of benzene rings is 1. The highest BCUT2D eigenvalue weighted by Crippen LogP contribution is 2.27. The predicted octanol–water partition coefficient (Wildman–Crippen LogP) is 2.77. The Hall–Kier alpha value is -1.77. The summed E-state index contributed by atoms with van der Waals surface area (Å²) in [7, 11) is 0. The normalized spacial score (nSPS) is 11.9. The lowest BCUT2D eigenvalue weighted by Crippen LogP contribution is -2.36. The Kier molecular flexibility index (Phi) is 2.26. The third kappa shape index (κ3) is 1.40. The maximum Gasteiger partial charge on any atom is 0.329 e. The van der Waals surface area contributed by atoms with Gasteiger partial charge < -0.3 is 9.67 Å². The Labute approximate surface area is 94.3 Å². The van der Waals surface area contributed by atoms with Crippen molar-refractivity contribution in [2.45, 2.75) is 26.3 Å². The molecule has 1 aromatic carbocycles. The molecule has 1 heterocycles. The van der Waals surface area contributed by atoms with Crippen LogP contribution < -0.4 is 0 Å². The standard InChI is InChI=1S/C13H15NO2/c1-9-8-10-6-4-5-7-11(10)14(9)13(2,3)12(15)16/h4-8H,1-3H3,(H,15,16). The summed E-state index contributed by atoms with van der Waals surface area (Å²) >= 11 is 0. The number of carboxylic acid groups (broad SMARTS) is 1. The zero-order chi connectivity index (χ0) is 11.9. The van der Waals surface area contributed by atoms with Crippen LogP contribution in [0.15, 0.2) is 30.3 Å². The van der Waals surface area contributed by atoms with Gasteiger partial charge in [-0.2, -0.15) is 0 Å². The van der Waals surface area contributed by atoms with Crippen molar-refractivity contribution in [3.8, 4) is 0 Å². The van der Waals surface area contributed by atoms with Gasteiger partial charge in [0, 0.05) is 11.2 Å². The molecule has 2 aromatic rings. The van der Waals surface area contributed by atoms with Crippen LogP contribution in [0, 0.1) is 6.92 Å². The number of hydrogen-bond acceptors (Lipinski definition) is 1. The number of hydrogen-bond donors (Lipinski definition) is 1. The second-order valence-corrected chi connectivity index (χ2v) is 4.54. The number of fused-ring (bicyclic) bond motifs is 1. The molecule has 0 saturated carbocycles. The third-order valence-electron chi connectivity index (χ3n) is 2.98. The molecule has 0 amide bonds. The van der Waals surface area contributed by atoms with Crippen LogP contribution in [0.4, 0.5) is 0 Å². The summed E-state index contributed by atoms with van der Waals surface area (Å²) in [5.41, 5.74) is 1.01. The molecule has 0 aliphatic carbocycles.